The van der Waals surface area contributed by atoms with Crippen molar-refractivity contribution in [1.29, 1.82) is 0 Å². The zero-order valence-electron chi connectivity index (χ0n) is 20.6. The number of aromatic carboxylic acids is 1. The van der Waals surface area contributed by atoms with Crippen molar-refractivity contribution in [2.45, 2.75) is 38.1 Å². The lowest BCUT2D eigenvalue weighted by Gasteiger charge is -2.21. The van der Waals surface area contributed by atoms with E-state index >= 15 is 0 Å². The van der Waals surface area contributed by atoms with Gasteiger partial charge < -0.3 is 10.4 Å². The molecule has 0 saturated heterocycles. The fourth-order valence-electron chi connectivity index (χ4n) is 3.83. The van der Waals surface area contributed by atoms with Crippen LogP contribution in [0.2, 0.25) is 0 Å². The molecule has 1 amide bonds. The third-order valence-electron chi connectivity index (χ3n) is 6.05. The Morgan fingerprint density at radius 2 is 1.35 bits per heavy atom. The largest absolute Gasteiger partial charge is 0.478 e. The minimum atomic E-state index is -3.44. The van der Waals surface area contributed by atoms with Crippen LogP contribution in [0.3, 0.4) is 0 Å². The second-order valence-corrected chi connectivity index (χ2v) is 10.8. The first kappa shape index (κ1) is 27.5. The normalized spacial score (nSPS) is 12.0. The molecule has 0 bridgehead atoms. The van der Waals surface area contributed by atoms with Gasteiger partial charge in [-0.05, 0) is 67.8 Å². The number of carbonyl (C=O) groups excluding carboxylic acids is 3. The summed E-state index contributed by atoms with van der Waals surface area (Å²) in [6.45, 7) is 4.33. The molecule has 0 heterocycles. The standard InChI is InChI=1S/C28H27NO7S/c1-4-37(35,36)24-12-9-20(10-13-24)26(29-27(32)21-7-5-19(6-8-21)17(2)30)16-23-15-22(18(3)31)11-14-25(23)28(33)34/h5-15,26H,4,16H2,1-3H3,(H,29,32)(H,33,34). The predicted molar refractivity (Wildman–Crippen MR) is 138 cm³/mol. The monoisotopic (exact) mass is 521 g/mol. The molecule has 0 fully saturated rings. The van der Waals surface area contributed by atoms with Crippen LogP contribution in [0, 0.1) is 0 Å². The molecule has 0 radical (unpaired) electrons. The molecule has 9 heteroatoms. The topological polar surface area (TPSA) is 135 Å². The van der Waals surface area contributed by atoms with Crippen LogP contribution in [0.25, 0.3) is 0 Å². The van der Waals surface area contributed by atoms with Crippen LogP contribution in [-0.2, 0) is 16.3 Å². The van der Waals surface area contributed by atoms with Crippen molar-refractivity contribution >= 4 is 33.3 Å². The molecule has 0 saturated carbocycles. The minimum Gasteiger partial charge on any atom is -0.478 e. The van der Waals surface area contributed by atoms with Gasteiger partial charge in [-0.3, -0.25) is 14.4 Å². The van der Waals surface area contributed by atoms with Crippen molar-refractivity contribution in [3.8, 4) is 0 Å². The van der Waals surface area contributed by atoms with Crippen LogP contribution in [-0.4, -0.2) is 42.7 Å². The van der Waals surface area contributed by atoms with E-state index in [9.17, 15) is 32.7 Å². The summed E-state index contributed by atoms with van der Waals surface area (Å²) >= 11 is 0. The lowest BCUT2D eigenvalue weighted by Crippen LogP contribution is -2.30. The van der Waals surface area contributed by atoms with Gasteiger partial charge in [0, 0.05) is 16.7 Å². The highest BCUT2D eigenvalue weighted by atomic mass is 32.2. The van der Waals surface area contributed by atoms with Crippen molar-refractivity contribution in [2.75, 3.05) is 5.75 Å². The number of ketones is 2. The Morgan fingerprint density at radius 3 is 1.86 bits per heavy atom. The average Bonchev–Trinajstić information content (AvgIpc) is 2.88. The minimum absolute atomic E-state index is 0.0137. The van der Waals surface area contributed by atoms with E-state index in [1.165, 1.54) is 68.4 Å². The van der Waals surface area contributed by atoms with Gasteiger partial charge in [0.1, 0.15) is 0 Å². The van der Waals surface area contributed by atoms with E-state index in [1.54, 1.807) is 19.1 Å². The number of hydrogen-bond acceptors (Lipinski definition) is 6. The molecule has 1 unspecified atom stereocenters. The predicted octanol–water partition coefficient (Wildman–Crippen LogP) is 4.30. The summed E-state index contributed by atoms with van der Waals surface area (Å²) < 4.78 is 24.5. The smallest absolute Gasteiger partial charge is 0.335 e. The van der Waals surface area contributed by atoms with Crippen LogP contribution in [0.15, 0.2) is 71.6 Å². The number of benzene rings is 3. The number of carbonyl (C=O) groups is 4. The van der Waals surface area contributed by atoms with Crippen molar-refractivity contribution in [1.82, 2.24) is 5.32 Å². The molecule has 0 aliphatic heterocycles. The lowest BCUT2D eigenvalue weighted by atomic mass is 9.93. The van der Waals surface area contributed by atoms with E-state index in [-0.39, 0.29) is 39.8 Å². The Balaban J connectivity index is 2.03. The molecule has 37 heavy (non-hydrogen) atoms. The lowest BCUT2D eigenvalue weighted by molar-refractivity contribution is 0.0694. The van der Waals surface area contributed by atoms with Gasteiger partial charge in [0.2, 0.25) is 0 Å². The Morgan fingerprint density at radius 1 is 0.811 bits per heavy atom. The second-order valence-electron chi connectivity index (χ2n) is 8.57. The van der Waals surface area contributed by atoms with Crippen LogP contribution in [0.4, 0.5) is 0 Å². The zero-order chi connectivity index (χ0) is 27.3. The number of Topliss-reactive ketones (excluding diaryl/α,β-unsaturated/α-hetero) is 2. The van der Waals surface area contributed by atoms with E-state index in [1.807, 2.05) is 0 Å². The van der Waals surface area contributed by atoms with Gasteiger partial charge in [-0.25, -0.2) is 13.2 Å². The van der Waals surface area contributed by atoms with Gasteiger partial charge in [-0.1, -0.05) is 37.3 Å². The summed E-state index contributed by atoms with van der Waals surface area (Å²) in [6.07, 6.45) is 0.0277. The number of amides is 1. The van der Waals surface area contributed by atoms with Gasteiger partial charge in [0.15, 0.2) is 21.4 Å². The zero-order valence-corrected chi connectivity index (χ0v) is 21.5. The first-order chi connectivity index (χ1) is 17.4. The summed E-state index contributed by atoms with van der Waals surface area (Å²) in [4.78, 5) is 48.6. The molecule has 0 aromatic heterocycles. The summed E-state index contributed by atoms with van der Waals surface area (Å²) in [5.41, 5.74) is 1.94. The number of carboxylic acid groups (broad SMARTS) is 1. The number of carboxylic acids is 1. The SMILES string of the molecule is CCS(=O)(=O)c1ccc(C(Cc2cc(C(C)=O)ccc2C(=O)O)NC(=O)c2ccc(C(C)=O)cc2)cc1. The molecule has 0 aliphatic rings. The Hall–Kier alpha value is -4.11. The van der Waals surface area contributed by atoms with Gasteiger partial charge in [-0.15, -0.1) is 0 Å². The van der Waals surface area contributed by atoms with Crippen molar-refractivity contribution in [3.05, 3.63) is 100 Å². The highest BCUT2D eigenvalue weighted by molar-refractivity contribution is 7.91. The van der Waals surface area contributed by atoms with Gasteiger partial charge in [-0.2, -0.15) is 0 Å². The molecular weight excluding hydrogens is 494 g/mol. The van der Waals surface area contributed by atoms with Crippen molar-refractivity contribution < 1.29 is 32.7 Å². The molecule has 2 N–H and O–H groups in total. The Kier molecular flexibility index (Phi) is 8.39. The maximum absolute atomic E-state index is 13.1. The van der Waals surface area contributed by atoms with Crippen LogP contribution in [0.1, 0.15) is 79.4 Å². The molecule has 8 nitrogen and oxygen atoms in total. The molecule has 0 spiro atoms. The van der Waals surface area contributed by atoms with Crippen LogP contribution in [0.5, 0.6) is 0 Å². The fourth-order valence-corrected chi connectivity index (χ4v) is 4.72. The molecule has 192 valence electrons. The Bertz CT molecular complexity index is 1460. The number of nitrogens with one attached hydrogen (secondary N) is 1. The fraction of sp³-hybridized carbons (Fsp3) is 0.214. The first-order valence-corrected chi connectivity index (χ1v) is 13.2. The molecular formula is C28H27NO7S. The van der Waals surface area contributed by atoms with E-state index in [2.05, 4.69) is 5.32 Å². The Labute approximate surface area is 215 Å². The molecule has 3 aromatic carbocycles. The maximum Gasteiger partial charge on any atom is 0.335 e. The summed E-state index contributed by atoms with van der Waals surface area (Å²) in [6, 6.07) is 15.7. The van der Waals surface area contributed by atoms with Gasteiger partial charge >= 0.3 is 5.97 Å². The molecule has 1 atom stereocenters. The maximum atomic E-state index is 13.1. The molecule has 3 aromatic rings. The van der Waals surface area contributed by atoms with Crippen LogP contribution >= 0.6 is 0 Å². The number of rotatable bonds is 10. The highest BCUT2D eigenvalue weighted by Gasteiger charge is 2.22. The van der Waals surface area contributed by atoms with E-state index in [0.717, 1.165) is 0 Å². The third-order valence-corrected chi connectivity index (χ3v) is 7.80. The summed E-state index contributed by atoms with van der Waals surface area (Å²) in [5.74, 6) is -2.09. The molecule has 0 aliphatic carbocycles. The highest BCUT2D eigenvalue weighted by Crippen LogP contribution is 2.25. The quantitative estimate of drug-likeness (QED) is 0.380. The third kappa shape index (κ3) is 6.56. The van der Waals surface area contributed by atoms with E-state index in [0.29, 0.717) is 22.3 Å². The van der Waals surface area contributed by atoms with Gasteiger partial charge in [0.25, 0.3) is 5.91 Å². The number of hydrogen-bond donors (Lipinski definition) is 2. The summed E-state index contributed by atoms with van der Waals surface area (Å²) in [7, 11) is -3.44. The van der Waals surface area contributed by atoms with Gasteiger partial charge in [0.05, 0.1) is 22.3 Å². The summed E-state index contributed by atoms with van der Waals surface area (Å²) in [5, 5.41) is 12.6. The average molecular weight is 522 g/mol. The van der Waals surface area contributed by atoms with Crippen LogP contribution < -0.4 is 5.32 Å². The van der Waals surface area contributed by atoms with E-state index < -0.39 is 27.8 Å². The molecule has 3 rings (SSSR count). The second kappa shape index (κ2) is 11.3. The van der Waals surface area contributed by atoms with Crippen molar-refractivity contribution in [3.63, 3.8) is 0 Å². The number of sulfone groups is 1. The van der Waals surface area contributed by atoms with Crippen molar-refractivity contribution in [2.24, 2.45) is 0 Å². The van der Waals surface area contributed by atoms with E-state index in [4.69, 9.17) is 0 Å². The first-order valence-electron chi connectivity index (χ1n) is 11.5.